The zero-order valence-corrected chi connectivity index (χ0v) is 22.7. The number of aromatic amines is 1. The first-order chi connectivity index (χ1) is 18.8. The van der Waals surface area contributed by atoms with Gasteiger partial charge in [-0.2, -0.15) is 4.98 Å². The molecule has 3 aromatic rings. The molecule has 1 atom stereocenters. The van der Waals surface area contributed by atoms with Crippen LogP contribution >= 0.6 is 11.6 Å². The van der Waals surface area contributed by atoms with E-state index in [0.717, 1.165) is 43.2 Å². The maximum absolute atomic E-state index is 12.7. The number of nitrogens with one attached hydrogen (secondary N) is 5. The standard InChI is InChI=1S/C28H37ClN8O2/c29-23-7-1-4-20(17-23)12-15-34-28(39)37-27-35-18-24(25(38)36-27)22-10-8-21(9-11-22)16-19(5-2-13-30)6-3-14-33-26(31)32/h1,4,7-11,17-19H,2-3,5-6,12-16,30H2,(H4,31,32,33)(H3,34,35,36,37,38,39). The van der Waals surface area contributed by atoms with E-state index in [1.807, 2.05) is 42.5 Å². The molecule has 0 aliphatic rings. The van der Waals surface area contributed by atoms with Gasteiger partial charge < -0.3 is 27.1 Å². The van der Waals surface area contributed by atoms with Crippen molar-refractivity contribution in [2.24, 2.45) is 17.4 Å². The predicted octanol–water partition coefficient (Wildman–Crippen LogP) is 3.62. The summed E-state index contributed by atoms with van der Waals surface area (Å²) in [5.41, 5.74) is 14.0. The van der Waals surface area contributed by atoms with Crippen LogP contribution in [-0.2, 0) is 12.8 Å². The van der Waals surface area contributed by atoms with Crippen molar-refractivity contribution >= 4 is 29.5 Å². The number of carbonyl (C=O) groups is 1. The Morgan fingerprint density at radius 2 is 1.82 bits per heavy atom. The molecule has 0 radical (unpaired) electrons. The van der Waals surface area contributed by atoms with Crippen LogP contribution in [0.5, 0.6) is 0 Å². The molecule has 39 heavy (non-hydrogen) atoms. The first-order valence-electron chi connectivity index (χ1n) is 13.1. The zero-order valence-electron chi connectivity index (χ0n) is 21.9. The summed E-state index contributed by atoms with van der Waals surface area (Å²) in [6, 6.07) is 14.9. The Morgan fingerprint density at radius 1 is 1.05 bits per heavy atom. The van der Waals surface area contributed by atoms with Gasteiger partial charge in [0.25, 0.3) is 5.56 Å². The molecule has 9 N–H and O–H groups in total. The van der Waals surface area contributed by atoms with E-state index < -0.39 is 11.6 Å². The van der Waals surface area contributed by atoms with Crippen molar-refractivity contribution in [3.8, 4) is 11.1 Å². The Morgan fingerprint density at radius 3 is 2.51 bits per heavy atom. The number of amides is 2. The van der Waals surface area contributed by atoms with Crippen LogP contribution in [0.2, 0.25) is 5.02 Å². The Bertz CT molecular complexity index is 1280. The number of anilines is 1. The van der Waals surface area contributed by atoms with Gasteiger partial charge in [0.05, 0.1) is 5.56 Å². The highest BCUT2D eigenvalue weighted by Crippen LogP contribution is 2.22. The number of nitrogens with zero attached hydrogens (tertiary/aromatic N) is 1. The lowest BCUT2D eigenvalue weighted by molar-refractivity contribution is 0.252. The number of hydrogen-bond acceptors (Lipinski definition) is 5. The van der Waals surface area contributed by atoms with Crippen LogP contribution in [0, 0.1) is 11.3 Å². The molecule has 11 heteroatoms. The van der Waals surface area contributed by atoms with E-state index in [9.17, 15) is 9.59 Å². The third-order valence-corrected chi connectivity index (χ3v) is 6.56. The van der Waals surface area contributed by atoms with E-state index in [-0.39, 0.29) is 11.9 Å². The average molecular weight is 553 g/mol. The van der Waals surface area contributed by atoms with Gasteiger partial charge >= 0.3 is 6.03 Å². The number of carbonyl (C=O) groups excluding carboxylic acids is 1. The number of hydrogen-bond donors (Lipinski definition) is 7. The van der Waals surface area contributed by atoms with Crippen LogP contribution in [0.4, 0.5) is 10.7 Å². The fourth-order valence-corrected chi connectivity index (χ4v) is 4.57. The normalized spacial score (nSPS) is 11.5. The molecule has 1 aromatic heterocycles. The molecule has 0 bridgehead atoms. The molecule has 0 spiro atoms. The van der Waals surface area contributed by atoms with Gasteiger partial charge in [0, 0.05) is 24.3 Å². The van der Waals surface area contributed by atoms with Gasteiger partial charge in [-0.15, -0.1) is 0 Å². The number of urea groups is 1. The Balaban J connectivity index is 1.53. The smallest absolute Gasteiger partial charge is 0.321 e. The van der Waals surface area contributed by atoms with Crippen LogP contribution in [-0.4, -0.2) is 41.6 Å². The number of benzene rings is 2. The summed E-state index contributed by atoms with van der Waals surface area (Å²) < 4.78 is 0. The van der Waals surface area contributed by atoms with Crippen molar-refractivity contribution in [2.45, 2.75) is 38.5 Å². The second-order valence-corrected chi connectivity index (χ2v) is 9.85. The fourth-order valence-electron chi connectivity index (χ4n) is 4.35. The first-order valence-corrected chi connectivity index (χ1v) is 13.5. The summed E-state index contributed by atoms with van der Waals surface area (Å²) >= 11 is 5.98. The van der Waals surface area contributed by atoms with E-state index in [2.05, 4.69) is 25.9 Å². The second-order valence-electron chi connectivity index (χ2n) is 9.41. The average Bonchev–Trinajstić information content (AvgIpc) is 2.90. The minimum atomic E-state index is -0.460. The van der Waals surface area contributed by atoms with Crippen molar-refractivity contribution < 1.29 is 4.79 Å². The Labute approximate surface area is 233 Å². The molecule has 0 aliphatic carbocycles. The van der Waals surface area contributed by atoms with Gasteiger partial charge in [-0.05, 0) is 79.8 Å². The molecule has 2 amide bonds. The highest BCUT2D eigenvalue weighted by atomic mass is 35.5. The molecule has 0 saturated carbocycles. The van der Waals surface area contributed by atoms with Crippen LogP contribution in [0.15, 0.2) is 59.5 Å². The van der Waals surface area contributed by atoms with Crippen LogP contribution in [0.25, 0.3) is 11.1 Å². The van der Waals surface area contributed by atoms with Crippen molar-refractivity contribution in [1.82, 2.24) is 20.6 Å². The predicted molar refractivity (Wildman–Crippen MR) is 157 cm³/mol. The zero-order chi connectivity index (χ0) is 28.0. The van der Waals surface area contributed by atoms with Gasteiger partial charge in [0.2, 0.25) is 5.95 Å². The van der Waals surface area contributed by atoms with Gasteiger partial charge in [0.1, 0.15) is 0 Å². The lowest BCUT2D eigenvalue weighted by Gasteiger charge is -2.17. The highest BCUT2D eigenvalue weighted by Gasteiger charge is 2.12. The number of rotatable bonds is 14. The summed E-state index contributed by atoms with van der Waals surface area (Å²) in [5, 5.41) is 16.1. The minimum Gasteiger partial charge on any atom is -0.370 e. The van der Waals surface area contributed by atoms with Crippen LogP contribution in [0.3, 0.4) is 0 Å². The van der Waals surface area contributed by atoms with Crippen molar-refractivity contribution in [2.75, 3.05) is 25.0 Å². The molecule has 0 fully saturated rings. The number of aromatic nitrogens is 2. The van der Waals surface area contributed by atoms with Crippen molar-refractivity contribution in [3.63, 3.8) is 0 Å². The molecular weight excluding hydrogens is 516 g/mol. The van der Waals surface area contributed by atoms with Crippen LogP contribution in [0.1, 0.15) is 36.8 Å². The molecule has 0 aliphatic heterocycles. The largest absolute Gasteiger partial charge is 0.370 e. The fraction of sp³-hybridized carbons (Fsp3) is 0.357. The topological polar surface area (TPSA) is 175 Å². The SMILES string of the molecule is N=C(N)NCCCC(CCCN)Cc1ccc(-c2c[nH]c(NC(=O)NCCc3cccc(Cl)c3)nc2=O)cc1. The summed E-state index contributed by atoms with van der Waals surface area (Å²) in [6.07, 6.45) is 7.01. The quantitative estimate of drug-likeness (QED) is 0.0912. The van der Waals surface area contributed by atoms with Crippen molar-refractivity contribution in [3.05, 3.63) is 81.2 Å². The van der Waals surface area contributed by atoms with Crippen LogP contribution < -0.4 is 33.0 Å². The lowest BCUT2D eigenvalue weighted by atomic mass is 9.90. The first kappa shape index (κ1) is 29.7. The van der Waals surface area contributed by atoms with Gasteiger partial charge in [-0.1, -0.05) is 48.0 Å². The van der Waals surface area contributed by atoms with Gasteiger partial charge in [-0.3, -0.25) is 15.5 Å². The summed E-state index contributed by atoms with van der Waals surface area (Å²) in [7, 11) is 0. The molecular formula is C28H37ClN8O2. The minimum absolute atomic E-state index is 0.00872. The third kappa shape index (κ3) is 10.4. The van der Waals surface area contributed by atoms with E-state index in [0.29, 0.717) is 42.6 Å². The monoisotopic (exact) mass is 552 g/mol. The summed E-state index contributed by atoms with van der Waals surface area (Å²) in [6.45, 7) is 1.74. The summed E-state index contributed by atoms with van der Waals surface area (Å²) in [5.74, 6) is 0.536. The van der Waals surface area contributed by atoms with Crippen molar-refractivity contribution in [1.29, 1.82) is 5.41 Å². The Kier molecular flexibility index (Phi) is 11.8. The van der Waals surface area contributed by atoms with Gasteiger partial charge in [-0.25, -0.2) is 4.79 Å². The van der Waals surface area contributed by atoms with Gasteiger partial charge in [0.15, 0.2) is 5.96 Å². The van der Waals surface area contributed by atoms with E-state index in [4.69, 9.17) is 28.5 Å². The van der Waals surface area contributed by atoms with E-state index in [1.54, 1.807) is 12.3 Å². The number of halogens is 1. The number of guanidine groups is 1. The molecule has 3 rings (SSSR count). The number of nitrogens with two attached hydrogens (primary N) is 2. The van der Waals surface area contributed by atoms with E-state index >= 15 is 0 Å². The molecule has 2 aromatic carbocycles. The Hall–Kier alpha value is -3.89. The second kappa shape index (κ2) is 15.5. The molecule has 1 heterocycles. The molecule has 0 saturated heterocycles. The molecule has 208 valence electrons. The molecule has 1 unspecified atom stereocenters. The third-order valence-electron chi connectivity index (χ3n) is 6.33. The highest BCUT2D eigenvalue weighted by molar-refractivity contribution is 6.30. The lowest BCUT2D eigenvalue weighted by Crippen LogP contribution is -2.31. The molecule has 10 nitrogen and oxygen atoms in total. The number of H-pyrrole nitrogens is 1. The maximum Gasteiger partial charge on any atom is 0.321 e. The van der Waals surface area contributed by atoms with E-state index in [1.165, 1.54) is 5.56 Å². The maximum atomic E-state index is 12.7. The summed E-state index contributed by atoms with van der Waals surface area (Å²) in [4.78, 5) is 31.7.